The van der Waals surface area contributed by atoms with Crippen molar-refractivity contribution in [2.75, 3.05) is 5.73 Å². The van der Waals surface area contributed by atoms with Crippen molar-refractivity contribution in [3.63, 3.8) is 0 Å². The molecular weight excluding hydrogens is 232 g/mol. The molecule has 2 aromatic heterocycles. The minimum absolute atomic E-state index is 0.736. The zero-order chi connectivity index (χ0) is 12.0. The summed E-state index contributed by atoms with van der Waals surface area (Å²) in [6.45, 7) is 4.05. The molecule has 0 unspecified atom stereocenters. The van der Waals surface area contributed by atoms with E-state index < -0.39 is 0 Å². The third-order valence-electron chi connectivity index (χ3n) is 2.95. The number of rotatable bonds is 1. The number of hydrogen-bond donors (Lipinski definition) is 1. The minimum Gasteiger partial charge on any atom is -0.461 e. The van der Waals surface area contributed by atoms with Crippen LogP contribution in [-0.2, 0) is 0 Å². The van der Waals surface area contributed by atoms with E-state index in [-0.39, 0.29) is 0 Å². The summed E-state index contributed by atoms with van der Waals surface area (Å²) in [7, 11) is 0. The van der Waals surface area contributed by atoms with Gasteiger partial charge in [-0.25, -0.2) is 4.98 Å². The molecule has 0 fully saturated rings. The smallest absolute Gasteiger partial charge is 0.134 e. The van der Waals surface area contributed by atoms with Crippen LogP contribution in [0.5, 0.6) is 0 Å². The largest absolute Gasteiger partial charge is 0.461 e. The van der Waals surface area contributed by atoms with Gasteiger partial charge in [0, 0.05) is 10.9 Å². The van der Waals surface area contributed by atoms with Crippen molar-refractivity contribution >= 4 is 27.3 Å². The average Bonchev–Trinajstić information content (AvgIpc) is 2.85. The van der Waals surface area contributed by atoms with Crippen LogP contribution in [0.15, 0.2) is 28.8 Å². The number of nitrogen functional groups attached to an aromatic ring is 1. The van der Waals surface area contributed by atoms with Crippen molar-refractivity contribution in [3.05, 3.63) is 35.7 Å². The third kappa shape index (κ3) is 1.61. The molecule has 3 aromatic rings. The van der Waals surface area contributed by atoms with Crippen LogP contribution in [0.3, 0.4) is 0 Å². The van der Waals surface area contributed by atoms with E-state index in [1.807, 2.05) is 19.1 Å². The average molecular weight is 244 g/mol. The van der Waals surface area contributed by atoms with Crippen LogP contribution in [-0.4, -0.2) is 4.98 Å². The molecule has 0 bridgehead atoms. The number of fused-ring (bicyclic) bond motifs is 1. The summed E-state index contributed by atoms with van der Waals surface area (Å²) < 4.78 is 5.65. The van der Waals surface area contributed by atoms with Gasteiger partial charge in [-0.3, -0.25) is 0 Å². The van der Waals surface area contributed by atoms with Gasteiger partial charge in [-0.15, -0.1) is 0 Å². The van der Waals surface area contributed by atoms with E-state index in [1.165, 1.54) is 16.9 Å². The third-order valence-corrected chi connectivity index (χ3v) is 3.82. The van der Waals surface area contributed by atoms with Crippen LogP contribution >= 0.6 is 11.3 Å². The monoisotopic (exact) mass is 244 g/mol. The van der Waals surface area contributed by atoms with E-state index in [0.717, 1.165) is 32.3 Å². The van der Waals surface area contributed by atoms with Crippen molar-refractivity contribution < 1.29 is 4.42 Å². The highest BCUT2D eigenvalue weighted by molar-refractivity contribution is 7.18. The Morgan fingerprint density at radius 1 is 1.29 bits per heavy atom. The zero-order valence-electron chi connectivity index (χ0n) is 9.65. The molecule has 0 saturated heterocycles. The fourth-order valence-corrected chi connectivity index (χ4v) is 2.58. The molecule has 2 heterocycles. The van der Waals surface area contributed by atoms with E-state index in [2.05, 4.69) is 18.0 Å². The van der Waals surface area contributed by atoms with E-state index in [1.54, 1.807) is 6.20 Å². The maximum absolute atomic E-state index is 5.70. The van der Waals surface area contributed by atoms with Crippen LogP contribution in [0.1, 0.15) is 11.3 Å². The summed E-state index contributed by atoms with van der Waals surface area (Å²) >= 11 is 1.50. The van der Waals surface area contributed by atoms with Crippen LogP contribution in [0.25, 0.3) is 21.5 Å². The summed E-state index contributed by atoms with van der Waals surface area (Å²) in [5.74, 6) is 0.968. The molecule has 0 aliphatic rings. The molecule has 0 saturated carbocycles. The Kier molecular flexibility index (Phi) is 2.19. The topological polar surface area (TPSA) is 52.0 Å². The van der Waals surface area contributed by atoms with Gasteiger partial charge >= 0.3 is 0 Å². The van der Waals surface area contributed by atoms with Crippen molar-refractivity contribution in [1.29, 1.82) is 0 Å². The molecule has 0 aliphatic carbocycles. The Balaban J connectivity index is 2.22. The van der Waals surface area contributed by atoms with E-state index in [4.69, 9.17) is 10.2 Å². The number of aromatic nitrogens is 1. The van der Waals surface area contributed by atoms with Gasteiger partial charge in [0.2, 0.25) is 0 Å². The Morgan fingerprint density at radius 3 is 2.82 bits per heavy atom. The van der Waals surface area contributed by atoms with Gasteiger partial charge in [0.1, 0.15) is 21.4 Å². The van der Waals surface area contributed by atoms with Crippen molar-refractivity contribution in [1.82, 2.24) is 4.98 Å². The van der Waals surface area contributed by atoms with E-state index in [0.29, 0.717) is 0 Å². The maximum atomic E-state index is 5.70. The quantitative estimate of drug-likeness (QED) is 0.709. The number of nitrogens with two attached hydrogens (primary N) is 1. The summed E-state index contributed by atoms with van der Waals surface area (Å²) in [5, 5.41) is 2.83. The second kappa shape index (κ2) is 3.60. The molecule has 0 atom stereocenters. The molecule has 2 N–H and O–H groups in total. The molecule has 3 rings (SSSR count). The summed E-state index contributed by atoms with van der Waals surface area (Å²) in [6.07, 6.45) is 1.69. The van der Waals surface area contributed by atoms with Crippen molar-refractivity contribution in [2.45, 2.75) is 13.8 Å². The van der Waals surface area contributed by atoms with Crippen LogP contribution in [0.4, 0.5) is 5.00 Å². The first-order valence-corrected chi connectivity index (χ1v) is 6.18. The first-order chi connectivity index (χ1) is 8.15. The lowest BCUT2D eigenvalue weighted by Gasteiger charge is -1.96. The van der Waals surface area contributed by atoms with Crippen LogP contribution < -0.4 is 5.73 Å². The molecule has 0 amide bonds. The first kappa shape index (κ1) is 10.4. The van der Waals surface area contributed by atoms with Gasteiger partial charge in [-0.1, -0.05) is 11.3 Å². The number of aryl methyl sites for hydroxylation is 2. The summed E-state index contributed by atoms with van der Waals surface area (Å²) in [4.78, 5) is 4.29. The lowest BCUT2D eigenvalue weighted by Crippen LogP contribution is -1.76. The van der Waals surface area contributed by atoms with Crippen LogP contribution in [0.2, 0.25) is 0 Å². The molecule has 4 heteroatoms. The predicted molar refractivity (Wildman–Crippen MR) is 71.2 cm³/mol. The number of hydrogen-bond acceptors (Lipinski definition) is 4. The highest BCUT2D eigenvalue weighted by Gasteiger charge is 2.09. The zero-order valence-corrected chi connectivity index (χ0v) is 10.5. The number of furan rings is 1. The van der Waals surface area contributed by atoms with Gasteiger partial charge in [-0.2, -0.15) is 0 Å². The Morgan fingerprint density at radius 2 is 2.12 bits per heavy atom. The first-order valence-electron chi connectivity index (χ1n) is 5.36. The Bertz CT molecular complexity index is 697. The second-order valence-electron chi connectivity index (χ2n) is 4.06. The Labute approximate surface area is 103 Å². The molecule has 0 spiro atoms. The molecule has 3 nitrogen and oxygen atoms in total. The standard InChI is InChI=1S/C13H12N2OS/c1-7-8(2)16-11-4-3-9(5-10(7)11)13-15-6-12(14)17-13/h3-6H,14H2,1-2H3. The van der Waals surface area contributed by atoms with Gasteiger partial charge in [0.15, 0.2) is 0 Å². The van der Waals surface area contributed by atoms with Crippen molar-refractivity contribution in [2.24, 2.45) is 0 Å². The van der Waals surface area contributed by atoms with E-state index >= 15 is 0 Å². The molecule has 1 aromatic carbocycles. The van der Waals surface area contributed by atoms with Gasteiger partial charge in [0.25, 0.3) is 0 Å². The molecule has 17 heavy (non-hydrogen) atoms. The van der Waals surface area contributed by atoms with Gasteiger partial charge in [0.05, 0.1) is 6.20 Å². The second-order valence-corrected chi connectivity index (χ2v) is 5.12. The number of nitrogens with zero attached hydrogens (tertiary/aromatic N) is 1. The number of thiazole rings is 1. The molecular formula is C13H12N2OS. The van der Waals surface area contributed by atoms with Crippen LogP contribution in [0, 0.1) is 13.8 Å². The van der Waals surface area contributed by atoms with Gasteiger partial charge in [-0.05, 0) is 37.6 Å². The highest BCUT2D eigenvalue weighted by atomic mass is 32.1. The van der Waals surface area contributed by atoms with Crippen molar-refractivity contribution in [3.8, 4) is 10.6 Å². The molecule has 0 radical (unpaired) electrons. The SMILES string of the molecule is Cc1oc2ccc(-c3ncc(N)s3)cc2c1C. The highest BCUT2D eigenvalue weighted by Crippen LogP contribution is 2.32. The fraction of sp³-hybridized carbons (Fsp3) is 0.154. The molecule has 0 aliphatic heterocycles. The fourth-order valence-electron chi connectivity index (χ4n) is 1.90. The molecule has 86 valence electrons. The normalized spacial score (nSPS) is 11.2. The minimum atomic E-state index is 0.736. The maximum Gasteiger partial charge on any atom is 0.134 e. The predicted octanol–water partition coefficient (Wildman–Crippen LogP) is 3.76. The van der Waals surface area contributed by atoms with Gasteiger partial charge < -0.3 is 10.2 Å². The lowest BCUT2D eigenvalue weighted by atomic mass is 10.1. The summed E-state index contributed by atoms with van der Waals surface area (Å²) in [5.41, 5.74) is 8.90. The number of benzene rings is 1. The number of anilines is 1. The Hall–Kier alpha value is -1.81. The van der Waals surface area contributed by atoms with E-state index in [9.17, 15) is 0 Å². The lowest BCUT2D eigenvalue weighted by molar-refractivity contribution is 0.575. The summed E-state index contributed by atoms with van der Waals surface area (Å²) in [6, 6.07) is 6.12.